The molecule has 0 spiro atoms. The largest absolute Gasteiger partial charge is 0.408 e. The minimum atomic E-state index is -3.11. The molecule has 0 aromatic heterocycles. The molecule has 4 nitrogen and oxygen atoms in total. The lowest BCUT2D eigenvalue weighted by atomic mass is 10.5. The van der Waals surface area contributed by atoms with Crippen molar-refractivity contribution in [3.8, 4) is 0 Å². The van der Waals surface area contributed by atoms with Crippen molar-refractivity contribution in [1.82, 2.24) is 4.67 Å². The van der Waals surface area contributed by atoms with Crippen LogP contribution in [0, 0.1) is 0 Å². The second-order valence-corrected chi connectivity index (χ2v) is 6.20. The fourth-order valence-corrected chi connectivity index (χ4v) is 3.05. The zero-order valence-electron chi connectivity index (χ0n) is 10.7. The zero-order chi connectivity index (χ0) is 12.1. The molecule has 0 rings (SSSR count). The van der Waals surface area contributed by atoms with Gasteiger partial charge in [0.25, 0.3) is 0 Å². The minimum Gasteiger partial charge on any atom is -0.294 e. The van der Waals surface area contributed by atoms with Crippen LogP contribution in [-0.2, 0) is 13.6 Å². The Morgan fingerprint density at radius 3 is 1.80 bits per heavy atom. The van der Waals surface area contributed by atoms with E-state index < -0.39 is 7.75 Å². The van der Waals surface area contributed by atoms with E-state index in [1.54, 1.807) is 11.7 Å². The second-order valence-electron chi connectivity index (χ2n) is 4.16. The maximum atomic E-state index is 12.4. The molecule has 0 heterocycles. The summed E-state index contributed by atoms with van der Waals surface area (Å²) in [4.78, 5) is 0. The van der Waals surface area contributed by atoms with Crippen LogP contribution in [0.25, 0.3) is 0 Å². The Kier molecular flexibility index (Phi) is 6.69. The van der Waals surface area contributed by atoms with Crippen LogP contribution >= 0.6 is 7.75 Å². The van der Waals surface area contributed by atoms with E-state index in [1.807, 2.05) is 34.6 Å². The molecular formula is C10H24NO3P. The third-order valence-electron chi connectivity index (χ3n) is 1.65. The summed E-state index contributed by atoms with van der Waals surface area (Å²) in [6, 6.07) is 0. The van der Waals surface area contributed by atoms with Gasteiger partial charge in [0.1, 0.15) is 0 Å². The fourth-order valence-electron chi connectivity index (χ4n) is 1.16. The highest BCUT2D eigenvalue weighted by Gasteiger charge is 2.32. The molecule has 0 aliphatic rings. The molecule has 0 unspecified atom stereocenters. The molecule has 0 aromatic rings. The van der Waals surface area contributed by atoms with Gasteiger partial charge in [-0.3, -0.25) is 9.05 Å². The average Bonchev–Trinajstić information content (AvgIpc) is 2.01. The fraction of sp³-hybridized carbons (Fsp3) is 1.00. The summed E-state index contributed by atoms with van der Waals surface area (Å²) < 4.78 is 24.9. The Morgan fingerprint density at radius 1 is 1.13 bits per heavy atom. The van der Waals surface area contributed by atoms with Crippen molar-refractivity contribution in [2.24, 2.45) is 0 Å². The highest BCUT2D eigenvalue weighted by Crippen LogP contribution is 2.52. The first-order valence-electron chi connectivity index (χ1n) is 5.50. The molecule has 0 aliphatic carbocycles. The molecule has 0 aromatic carbocycles. The molecule has 15 heavy (non-hydrogen) atoms. The second kappa shape index (κ2) is 6.64. The summed E-state index contributed by atoms with van der Waals surface area (Å²) in [6.07, 6.45) is 0.714. The Morgan fingerprint density at radius 2 is 1.53 bits per heavy atom. The van der Waals surface area contributed by atoms with E-state index in [-0.39, 0.29) is 12.2 Å². The van der Waals surface area contributed by atoms with Gasteiger partial charge in [0.05, 0.1) is 12.2 Å². The lowest BCUT2D eigenvalue weighted by molar-refractivity contribution is 0.111. The Labute approximate surface area is 93.5 Å². The van der Waals surface area contributed by atoms with Crippen LogP contribution in [0.2, 0.25) is 0 Å². The van der Waals surface area contributed by atoms with E-state index in [0.29, 0.717) is 6.54 Å². The van der Waals surface area contributed by atoms with Gasteiger partial charge < -0.3 is 0 Å². The van der Waals surface area contributed by atoms with Gasteiger partial charge in [-0.15, -0.1) is 0 Å². The van der Waals surface area contributed by atoms with Crippen molar-refractivity contribution < 1.29 is 13.6 Å². The first-order valence-corrected chi connectivity index (χ1v) is 6.99. The maximum Gasteiger partial charge on any atom is 0.408 e. The lowest BCUT2D eigenvalue weighted by Crippen LogP contribution is -2.23. The van der Waals surface area contributed by atoms with Gasteiger partial charge in [-0.2, -0.15) is 0 Å². The van der Waals surface area contributed by atoms with Gasteiger partial charge in [0.2, 0.25) is 0 Å². The first kappa shape index (κ1) is 15.1. The smallest absolute Gasteiger partial charge is 0.294 e. The SMILES string of the molecule is CCCN(C)P(=O)(OC(C)C)OC(C)C. The van der Waals surface area contributed by atoms with E-state index in [4.69, 9.17) is 9.05 Å². The highest BCUT2D eigenvalue weighted by molar-refractivity contribution is 7.51. The Balaban J connectivity index is 4.60. The van der Waals surface area contributed by atoms with E-state index in [9.17, 15) is 4.57 Å². The number of rotatable bonds is 7. The van der Waals surface area contributed by atoms with Gasteiger partial charge in [0, 0.05) is 6.54 Å². The van der Waals surface area contributed by atoms with Crippen molar-refractivity contribution in [2.45, 2.75) is 53.2 Å². The summed E-state index contributed by atoms with van der Waals surface area (Å²) in [5.74, 6) is 0. The molecule has 0 amide bonds. The minimum absolute atomic E-state index is 0.103. The van der Waals surface area contributed by atoms with E-state index in [1.165, 1.54) is 0 Å². The zero-order valence-corrected chi connectivity index (χ0v) is 11.6. The summed E-state index contributed by atoms with van der Waals surface area (Å²) in [5.41, 5.74) is 0. The van der Waals surface area contributed by atoms with Crippen molar-refractivity contribution in [2.75, 3.05) is 13.6 Å². The molecule has 0 fully saturated rings. The Bertz CT molecular complexity index is 205. The number of hydrogen-bond donors (Lipinski definition) is 0. The van der Waals surface area contributed by atoms with Crippen molar-refractivity contribution in [1.29, 1.82) is 0 Å². The summed E-state index contributed by atoms with van der Waals surface area (Å²) >= 11 is 0. The van der Waals surface area contributed by atoms with E-state index in [0.717, 1.165) is 6.42 Å². The monoisotopic (exact) mass is 237 g/mol. The molecule has 5 heteroatoms. The van der Waals surface area contributed by atoms with Crippen LogP contribution in [0.4, 0.5) is 0 Å². The summed E-state index contributed by atoms with van der Waals surface area (Å²) in [5, 5.41) is 0. The molecular weight excluding hydrogens is 213 g/mol. The van der Waals surface area contributed by atoms with Crippen molar-refractivity contribution >= 4 is 7.75 Å². The maximum absolute atomic E-state index is 12.4. The molecule has 0 bridgehead atoms. The van der Waals surface area contributed by atoms with Crippen LogP contribution in [0.3, 0.4) is 0 Å². The van der Waals surface area contributed by atoms with Crippen LogP contribution in [-0.4, -0.2) is 30.5 Å². The van der Waals surface area contributed by atoms with Crippen LogP contribution < -0.4 is 0 Å². The summed E-state index contributed by atoms with van der Waals surface area (Å²) in [7, 11) is -1.33. The highest BCUT2D eigenvalue weighted by atomic mass is 31.2. The van der Waals surface area contributed by atoms with Crippen LogP contribution in [0.1, 0.15) is 41.0 Å². The van der Waals surface area contributed by atoms with E-state index >= 15 is 0 Å². The first-order chi connectivity index (χ1) is 6.81. The molecule has 0 aliphatic heterocycles. The van der Waals surface area contributed by atoms with Gasteiger partial charge in [-0.25, -0.2) is 9.24 Å². The molecule has 0 saturated carbocycles. The molecule has 92 valence electrons. The third-order valence-corrected chi connectivity index (χ3v) is 4.07. The molecule has 0 radical (unpaired) electrons. The van der Waals surface area contributed by atoms with Gasteiger partial charge >= 0.3 is 7.75 Å². The van der Waals surface area contributed by atoms with Gasteiger partial charge in [0.15, 0.2) is 0 Å². The molecule has 0 N–H and O–H groups in total. The van der Waals surface area contributed by atoms with E-state index in [2.05, 4.69) is 0 Å². The van der Waals surface area contributed by atoms with Gasteiger partial charge in [-0.1, -0.05) is 6.92 Å². The third kappa shape index (κ3) is 5.67. The molecule has 0 atom stereocenters. The normalized spacial score (nSPS) is 13.1. The van der Waals surface area contributed by atoms with Crippen molar-refractivity contribution in [3.05, 3.63) is 0 Å². The topological polar surface area (TPSA) is 38.8 Å². The predicted molar refractivity (Wildman–Crippen MR) is 63.0 cm³/mol. The summed E-state index contributed by atoms with van der Waals surface area (Å²) in [6.45, 7) is 10.2. The Hall–Kier alpha value is 0.110. The standard InChI is InChI=1S/C10H24NO3P/c1-7-8-11(6)15(12,13-9(2)3)14-10(4)5/h9-10H,7-8H2,1-6H3. The van der Waals surface area contributed by atoms with Gasteiger partial charge in [-0.05, 0) is 41.2 Å². The lowest BCUT2D eigenvalue weighted by Gasteiger charge is -2.29. The van der Waals surface area contributed by atoms with Crippen LogP contribution in [0.15, 0.2) is 0 Å². The number of nitrogens with zero attached hydrogens (tertiary/aromatic N) is 1. The van der Waals surface area contributed by atoms with Crippen LogP contribution in [0.5, 0.6) is 0 Å². The average molecular weight is 237 g/mol. The molecule has 0 saturated heterocycles. The van der Waals surface area contributed by atoms with Crippen molar-refractivity contribution in [3.63, 3.8) is 0 Å². The number of hydrogen-bond acceptors (Lipinski definition) is 3. The predicted octanol–water partition coefficient (Wildman–Crippen LogP) is 3.29. The quantitative estimate of drug-likeness (QED) is 0.637.